The molecule has 0 aliphatic carbocycles. The summed E-state index contributed by atoms with van der Waals surface area (Å²) in [7, 11) is 0. The van der Waals surface area contributed by atoms with Crippen LogP contribution in [0.3, 0.4) is 0 Å². The van der Waals surface area contributed by atoms with Crippen LogP contribution in [0.2, 0.25) is 0 Å². The Morgan fingerprint density at radius 2 is 1.94 bits per heavy atom. The normalized spacial score (nSPS) is 23.3. The van der Waals surface area contributed by atoms with E-state index in [1.54, 1.807) is 0 Å². The largest absolute Gasteiger partial charge is 0.370 e. The summed E-state index contributed by atoms with van der Waals surface area (Å²) in [5, 5.41) is 0. The first-order chi connectivity index (χ1) is 8.47. The van der Waals surface area contributed by atoms with Gasteiger partial charge in [0, 0.05) is 12.6 Å². The summed E-state index contributed by atoms with van der Waals surface area (Å²) < 4.78 is 26.7. The van der Waals surface area contributed by atoms with Gasteiger partial charge < -0.3 is 10.6 Å². The van der Waals surface area contributed by atoms with Gasteiger partial charge in [0.05, 0.1) is 12.1 Å². The fourth-order valence-electron chi connectivity index (χ4n) is 2.36. The van der Waals surface area contributed by atoms with Crippen LogP contribution < -0.4 is 5.73 Å². The van der Waals surface area contributed by atoms with Crippen molar-refractivity contribution in [1.82, 2.24) is 4.90 Å². The standard InChI is InChI=1S/C13H17F2N3/c1-3-4-18-12(16)17-8-13(18,2)9-5-10(14)7-11(15)6-9/h5-7H,3-4,8H2,1-2H3,(H2,16,17). The van der Waals surface area contributed by atoms with Crippen LogP contribution in [0.5, 0.6) is 0 Å². The summed E-state index contributed by atoms with van der Waals surface area (Å²) in [4.78, 5) is 6.10. The number of benzene rings is 1. The monoisotopic (exact) mass is 253 g/mol. The third-order valence-electron chi connectivity index (χ3n) is 3.35. The van der Waals surface area contributed by atoms with Crippen LogP contribution in [0.4, 0.5) is 8.78 Å². The summed E-state index contributed by atoms with van der Waals surface area (Å²) in [6.07, 6.45) is 0.892. The van der Waals surface area contributed by atoms with E-state index in [0.717, 1.165) is 12.5 Å². The molecule has 0 bridgehead atoms. The first-order valence-electron chi connectivity index (χ1n) is 6.01. The van der Waals surface area contributed by atoms with Gasteiger partial charge in [0.25, 0.3) is 0 Å². The molecule has 1 aromatic carbocycles. The van der Waals surface area contributed by atoms with Crippen molar-refractivity contribution < 1.29 is 8.78 Å². The summed E-state index contributed by atoms with van der Waals surface area (Å²) >= 11 is 0. The molecule has 1 unspecified atom stereocenters. The highest BCUT2D eigenvalue weighted by atomic mass is 19.1. The number of halogens is 2. The van der Waals surface area contributed by atoms with E-state index in [9.17, 15) is 8.78 Å². The minimum absolute atomic E-state index is 0.418. The second-order valence-electron chi connectivity index (χ2n) is 4.76. The molecule has 5 heteroatoms. The summed E-state index contributed by atoms with van der Waals surface area (Å²) in [6, 6.07) is 3.57. The van der Waals surface area contributed by atoms with Gasteiger partial charge in [-0.1, -0.05) is 6.92 Å². The maximum atomic E-state index is 13.3. The summed E-state index contributed by atoms with van der Waals surface area (Å²) in [6.45, 7) is 5.06. The van der Waals surface area contributed by atoms with E-state index in [1.807, 2.05) is 18.7 Å². The molecule has 18 heavy (non-hydrogen) atoms. The highest BCUT2D eigenvalue weighted by Gasteiger charge is 2.39. The second-order valence-corrected chi connectivity index (χ2v) is 4.76. The fraction of sp³-hybridized carbons (Fsp3) is 0.462. The van der Waals surface area contributed by atoms with E-state index in [4.69, 9.17) is 5.73 Å². The molecule has 1 heterocycles. The number of aliphatic imine (C=N–C) groups is 1. The van der Waals surface area contributed by atoms with Crippen molar-refractivity contribution in [3.05, 3.63) is 35.4 Å². The molecule has 0 saturated carbocycles. The van der Waals surface area contributed by atoms with Gasteiger partial charge in [-0.3, -0.25) is 4.99 Å². The molecular formula is C13H17F2N3. The maximum Gasteiger partial charge on any atom is 0.192 e. The summed E-state index contributed by atoms with van der Waals surface area (Å²) in [5.74, 6) is -0.717. The Morgan fingerprint density at radius 3 is 2.50 bits per heavy atom. The number of nitrogens with zero attached hydrogens (tertiary/aromatic N) is 2. The molecule has 0 radical (unpaired) electrons. The lowest BCUT2D eigenvalue weighted by Crippen LogP contribution is -2.47. The SMILES string of the molecule is CCCN1C(N)=NCC1(C)c1cc(F)cc(F)c1. The smallest absolute Gasteiger partial charge is 0.192 e. The van der Waals surface area contributed by atoms with Crippen LogP contribution >= 0.6 is 0 Å². The van der Waals surface area contributed by atoms with Crippen molar-refractivity contribution in [3.63, 3.8) is 0 Å². The van der Waals surface area contributed by atoms with E-state index >= 15 is 0 Å². The average molecular weight is 253 g/mol. The molecule has 0 amide bonds. The van der Waals surface area contributed by atoms with Gasteiger partial charge in [-0.15, -0.1) is 0 Å². The van der Waals surface area contributed by atoms with E-state index in [-0.39, 0.29) is 0 Å². The molecule has 1 aromatic rings. The Balaban J connectivity index is 2.41. The fourth-order valence-corrected chi connectivity index (χ4v) is 2.36. The first kappa shape index (κ1) is 12.8. The van der Waals surface area contributed by atoms with Crippen LogP contribution in [0.1, 0.15) is 25.8 Å². The van der Waals surface area contributed by atoms with Crippen molar-refractivity contribution in [2.24, 2.45) is 10.7 Å². The molecule has 98 valence electrons. The lowest BCUT2D eigenvalue weighted by molar-refractivity contribution is 0.224. The third-order valence-corrected chi connectivity index (χ3v) is 3.35. The zero-order valence-corrected chi connectivity index (χ0v) is 10.6. The van der Waals surface area contributed by atoms with E-state index < -0.39 is 17.2 Å². The molecular weight excluding hydrogens is 236 g/mol. The number of guanidine groups is 1. The Labute approximate surface area is 105 Å². The van der Waals surface area contributed by atoms with Gasteiger partial charge in [-0.25, -0.2) is 8.78 Å². The maximum absolute atomic E-state index is 13.3. The Bertz CT molecular complexity index is 467. The molecule has 3 nitrogen and oxygen atoms in total. The molecule has 2 N–H and O–H groups in total. The summed E-state index contributed by atoms with van der Waals surface area (Å²) in [5.41, 5.74) is 5.84. The van der Waals surface area contributed by atoms with Crippen LogP contribution in [-0.2, 0) is 5.54 Å². The van der Waals surface area contributed by atoms with E-state index in [2.05, 4.69) is 4.99 Å². The van der Waals surface area contributed by atoms with Crippen LogP contribution in [0.25, 0.3) is 0 Å². The molecule has 0 spiro atoms. The van der Waals surface area contributed by atoms with Crippen LogP contribution in [0, 0.1) is 11.6 Å². The molecule has 1 aliphatic rings. The molecule has 1 atom stereocenters. The van der Waals surface area contributed by atoms with Crippen molar-refractivity contribution in [1.29, 1.82) is 0 Å². The quantitative estimate of drug-likeness (QED) is 0.897. The molecule has 0 saturated heterocycles. The molecule has 0 aromatic heterocycles. The van der Waals surface area contributed by atoms with Gasteiger partial charge >= 0.3 is 0 Å². The lowest BCUT2D eigenvalue weighted by atomic mass is 9.90. The number of rotatable bonds is 3. The van der Waals surface area contributed by atoms with E-state index in [1.165, 1.54) is 12.1 Å². The predicted molar refractivity (Wildman–Crippen MR) is 67.2 cm³/mol. The zero-order valence-electron chi connectivity index (χ0n) is 10.6. The average Bonchev–Trinajstić information content (AvgIpc) is 2.58. The highest BCUT2D eigenvalue weighted by Crippen LogP contribution is 2.33. The highest BCUT2D eigenvalue weighted by molar-refractivity contribution is 5.81. The van der Waals surface area contributed by atoms with E-state index in [0.29, 0.717) is 24.6 Å². The minimum atomic E-state index is -0.576. The van der Waals surface area contributed by atoms with Crippen molar-refractivity contribution in [2.45, 2.75) is 25.8 Å². The minimum Gasteiger partial charge on any atom is -0.370 e. The number of hydrogen-bond donors (Lipinski definition) is 1. The van der Waals surface area contributed by atoms with Gasteiger partial charge in [0.1, 0.15) is 11.6 Å². The van der Waals surface area contributed by atoms with Gasteiger partial charge in [0.2, 0.25) is 0 Å². The second kappa shape index (κ2) is 4.55. The Morgan fingerprint density at radius 1 is 1.33 bits per heavy atom. The third kappa shape index (κ3) is 2.05. The molecule has 0 fully saturated rings. The Hall–Kier alpha value is -1.65. The van der Waals surface area contributed by atoms with Gasteiger partial charge in [0.15, 0.2) is 5.96 Å². The molecule has 2 rings (SSSR count). The van der Waals surface area contributed by atoms with Crippen LogP contribution in [-0.4, -0.2) is 23.9 Å². The number of nitrogens with two attached hydrogens (primary N) is 1. The van der Waals surface area contributed by atoms with Crippen molar-refractivity contribution in [3.8, 4) is 0 Å². The van der Waals surface area contributed by atoms with Gasteiger partial charge in [-0.2, -0.15) is 0 Å². The Kier molecular flexibility index (Phi) is 3.24. The first-order valence-corrected chi connectivity index (χ1v) is 6.01. The topological polar surface area (TPSA) is 41.6 Å². The van der Waals surface area contributed by atoms with Crippen LogP contribution in [0.15, 0.2) is 23.2 Å². The van der Waals surface area contributed by atoms with Gasteiger partial charge in [-0.05, 0) is 31.0 Å². The van der Waals surface area contributed by atoms with Crippen molar-refractivity contribution >= 4 is 5.96 Å². The van der Waals surface area contributed by atoms with Crippen molar-refractivity contribution in [2.75, 3.05) is 13.1 Å². The lowest BCUT2D eigenvalue weighted by Gasteiger charge is -2.36. The number of hydrogen-bond acceptors (Lipinski definition) is 3. The molecule has 1 aliphatic heterocycles. The zero-order chi connectivity index (χ0) is 13.3. The predicted octanol–water partition coefficient (Wildman–Crippen LogP) is 2.22.